The van der Waals surface area contributed by atoms with Crippen LogP contribution < -0.4 is 0 Å². The number of hydrogen-bond donors (Lipinski definition) is 1. The van der Waals surface area contributed by atoms with Gasteiger partial charge in [-0.25, -0.2) is 8.42 Å². The van der Waals surface area contributed by atoms with Crippen LogP contribution in [0.2, 0.25) is 0 Å². The average molecular weight is 419 g/mol. The first-order valence-corrected chi connectivity index (χ1v) is 11.8. The van der Waals surface area contributed by atoms with E-state index in [1.54, 1.807) is 12.1 Å². The van der Waals surface area contributed by atoms with Crippen LogP contribution >= 0.6 is 0 Å². The Kier molecular flexibility index (Phi) is 5.26. The Morgan fingerprint density at radius 3 is 2.10 bits per heavy atom. The minimum atomic E-state index is -3.20. The van der Waals surface area contributed by atoms with Crippen LogP contribution in [0.15, 0.2) is 71.6 Å². The Morgan fingerprint density at radius 2 is 1.50 bits per heavy atom. The molecule has 0 atom stereocenters. The Hall–Kier alpha value is -2.89. The molecule has 0 amide bonds. The molecule has 0 saturated carbocycles. The Labute approximate surface area is 178 Å². The van der Waals surface area contributed by atoms with E-state index in [0.29, 0.717) is 4.90 Å². The number of aromatic amines is 1. The summed E-state index contributed by atoms with van der Waals surface area (Å²) in [6.07, 6.45) is 1.23. The predicted octanol–water partition coefficient (Wildman–Crippen LogP) is 5.28. The first kappa shape index (κ1) is 20.4. The maximum absolute atomic E-state index is 11.8. The summed E-state index contributed by atoms with van der Waals surface area (Å²) in [5, 5.41) is 1.19. The molecule has 1 aromatic heterocycles. The highest BCUT2D eigenvalue weighted by atomic mass is 32.2. The van der Waals surface area contributed by atoms with E-state index in [1.807, 2.05) is 12.1 Å². The summed E-state index contributed by atoms with van der Waals surface area (Å²) in [7, 11) is 0.939. The topological polar surface area (TPSA) is 53.2 Å². The molecular formula is C25H26N2O2S. The maximum atomic E-state index is 11.8. The molecule has 0 aliphatic rings. The van der Waals surface area contributed by atoms with Crippen molar-refractivity contribution in [1.82, 2.24) is 9.88 Å². The fourth-order valence-electron chi connectivity index (χ4n) is 3.97. The maximum Gasteiger partial charge on any atom is 0.175 e. The minimum absolute atomic E-state index is 0.332. The van der Waals surface area contributed by atoms with Crippen molar-refractivity contribution < 1.29 is 8.42 Å². The number of sulfone groups is 1. The van der Waals surface area contributed by atoms with Crippen LogP contribution in [0, 0.1) is 6.92 Å². The molecule has 154 valence electrons. The van der Waals surface area contributed by atoms with E-state index < -0.39 is 9.84 Å². The second-order valence-corrected chi connectivity index (χ2v) is 10.1. The lowest BCUT2D eigenvalue weighted by Gasteiger charge is -2.11. The zero-order valence-electron chi connectivity index (χ0n) is 17.7. The van der Waals surface area contributed by atoms with E-state index in [2.05, 4.69) is 73.4 Å². The van der Waals surface area contributed by atoms with E-state index in [1.165, 1.54) is 28.3 Å². The molecule has 0 aliphatic heterocycles. The van der Waals surface area contributed by atoms with Crippen LogP contribution in [-0.2, 0) is 16.4 Å². The monoisotopic (exact) mass is 418 g/mol. The van der Waals surface area contributed by atoms with Gasteiger partial charge >= 0.3 is 0 Å². The van der Waals surface area contributed by atoms with E-state index in [4.69, 9.17) is 0 Å². The highest BCUT2D eigenvalue weighted by Crippen LogP contribution is 2.36. The van der Waals surface area contributed by atoms with Crippen LogP contribution in [0.3, 0.4) is 0 Å². The van der Waals surface area contributed by atoms with Gasteiger partial charge in [-0.05, 0) is 67.0 Å². The van der Waals surface area contributed by atoms with Crippen LogP contribution in [0.5, 0.6) is 0 Å². The molecule has 0 spiro atoms. The highest BCUT2D eigenvalue weighted by Gasteiger charge is 2.15. The second kappa shape index (κ2) is 7.74. The third-order valence-corrected chi connectivity index (χ3v) is 6.54. The van der Waals surface area contributed by atoms with Crippen molar-refractivity contribution in [3.05, 3.63) is 77.9 Å². The Morgan fingerprint density at radius 1 is 0.867 bits per heavy atom. The van der Waals surface area contributed by atoms with E-state index in [0.717, 1.165) is 28.9 Å². The molecule has 1 N–H and O–H groups in total. The predicted molar refractivity (Wildman–Crippen MR) is 124 cm³/mol. The minimum Gasteiger partial charge on any atom is -0.354 e. The van der Waals surface area contributed by atoms with Gasteiger partial charge in [-0.2, -0.15) is 0 Å². The van der Waals surface area contributed by atoms with Gasteiger partial charge in [-0.3, -0.25) is 0 Å². The van der Waals surface area contributed by atoms with Crippen molar-refractivity contribution in [2.45, 2.75) is 18.4 Å². The number of rotatable bonds is 5. The molecule has 30 heavy (non-hydrogen) atoms. The average Bonchev–Trinajstić information content (AvgIpc) is 3.04. The third-order valence-electron chi connectivity index (χ3n) is 5.41. The molecule has 0 fully saturated rings. The fraction of sp³-hybridized carbons (Fsp3) is 0.200. The van der Waals surface area contributed by atoms with Gasteiger partial charge in [0, 0.05) is 29.4 Å². The van der Waals surface area contributed by atoms with Gasteiger partial charge in [0.15, 0.2) is 9.84 Å². The standard InChI is InChI=1S/C25H26N2O2S/c1-17-24-22(19-10-8-18(9-11-19)16-27(2)3)6-5-7-23(24)26-25(17)20-12-14-21(15-13-20)30(4,28)29/h5-15,26H,16H2,1-4H3. The lowest BCUT2D eigenvalue weighted by molar-refractivity contribution is 0.402. The molecule has 0 unspecified atom stereocenters. The number of nitrogens with zero attached hydrogens (tertiary/aromatic N) is 1. The van der Waals surface area contributed by atoms with Crippen molar-refractivity contribution in [3.63, 3.8) is 0 Å². The van der Waals surface area contributed by atoms with Crippen LogP contribution in [0.1, 0.15) is 11.1 Å². The summed E-state index contributed by atoms with van der Waals surface area (Å²) >= 11 is 0. The molecule has 0 aliphatic carbocycles. The Bertz CT molecular complexity index is 1300. The smallest absolute Gasteiger partial charge is 0.175 e. The molecule has 3 aromatic carbocycles. The second-order valence-electron chi connectivity index (χ2n) is 8.08. The molecule has 4 rings (SSSR count). The number of nitrogens with one attached hydrogen (secondary N) is 1. The number of H-pyrrole nitrogens is 1. The normalized spacial score (nSPS) is 12.0. The van der Waals surface area contributed by atoms with Gasteiger partial charge in [0.1, 0.15) is 0 Å². The molecular weight excluding hydrogens is 392 g/mol. The molecule has 5 heteroatoms. The molecule has 0 radical (unpaired) electrons. The number of benzene rings is 3. The third kappa shape index (κ3) is 3.91. The summed E-state index contributed by atoms with van der Waals surface area (Å²) in [4.78, 5) is 6.02. The van der Waals surface area contributed by atoms with E-state index >= 15 is 0 Å². The van der Waals surface area contributed by atoms with Gasteiger partial charge in [0.05, 0.1) is 4.90 Å². The van der Waals surface area contributed by atoms with Gasteiger partial charge in [-0.15, -0.1) is 0 Å². The summed E-state index contributed by atoms with van der Waals surface area (Å²) in [5.41, 5.74) is 7.88. The van der Waals surface area contributed by atoms with Crippen LogP contribution in [0.25, 0.3) is 33.3 Å². The van der Waals surface area contributed by atoms with Crippen molar-refractivity contribution in [3.8, 4) is 22.4 Å². The first-order chi connectivity index (χ1) is 14.2. The Balaban J connectivity index is 1.78. The quantitative estimate of drug-likeness (QED) is 0.480. The van der Waals surface area contributed by atoms with Crippen molar-refractivity contribution in [2.75, 3.05) is 20.4 Å². The number of aromatic nitrogens is 1. The zero-order valence-corrected chi connectivity index (χ0v) is 18.5. The summed E-state index contributed by atoms with van der Waals surface area (Å²) in [6, 6.07) is 22.1. The van der Waals surface area contributed by atoms with Crippen molar-refractivity contribution in [2.24, 2.45) is 0 Å². The molecule has 1 heterocycles. The van der Waals surface area contributed by atoms with E-state index in [9.17, 15) is 8.42 Å². The summed E-state index contributed by atoms with van der Waals surface area (Å²) < 4.78 is 23.5. The SMILES string of the molecule is Cc1c(-c2ccc(S(C)(=O)=O)cc2)[nH]c2cccc(-c3ccc(CN(C)C)cc3)c12. The number of aryl methyl sites for hydroxylation is 1. The van der Waals surface area contributed by atoms with Gasteiger partial charge < -0.3 is 9.88 Å². The lowest BCUT2D eigenvalue weighted by Crippen LogP contribution is -2.10. The van der Waals surface area contributed by atoms with Gasteiger partial charge in [0.25, 0.3) is 0 Å². The first-order valence-electron chi connectivity index (χ1n) is 9.90. The lowest BCUT2D eigenvalue weighted by atomic mass is 9.97. The number of hydrogen-bond acceptors (Lipinski definition) is 3. The van der Waals surface area contributed by atoms with Crippen molar-refractivity contribution in [1.29, 1.82) is 0 Å². The molecule has 0 bridgehead atoms. The van der Waals surface area contributed by atoms with Gasteiger partial charge in [-0.1, -0.05) is 48.5 Å². The van der Waals surface area contributed by atoms with Crippen LogP contribution in [0.4, 0.5) is 0 Å². The van der Waals surface area contributed by atoms with Gasteiger partial charge in [0.2, 0.25) is 0 Å². The molecule has 4 aromatic rings. The fourth-order valence-corrected chi connectivity index (χ4v) is 4.60. The highest BCUT2D eigenvalue weighted by molar-refractivity contribution is 7.90. The largest absolute Gasteiger partial charge is 0.354 e. The van der Waals surface area contributed by atoms with Crippen LogP contribution in [-0.4, -0.2) is 38.7 Å². The summed E-state index contributed by atoms with van der Waals surface area (Å²) in [5.74, 6) is 0. The molecule has 4 nitrogen and oxygen atoms in total. The number of fused-ring (bicyclic) bond motifs is 1. The molecule has 0 saturated heterocycles. The van der Waals surface area contributed by atoms with E-state index in [-0.39, 0.29) is 0 Å². The summed E-state index contributed by atoms with van der Waals surface area (Å²) in [6.45, 7) is 3.03. The van der Waals surface area contributed by atoms with Crippen molar-refractivity contribution >= 4 is 20.7 Å². The zero-order chi connectivity index (χ0) is 21.5.